The van der Waals surface area contributed by atoms with Crippen molar-refractivity contribution in [3.8, 4) is 23.0 Å². The van der Waals surface area contributed by atoms with E-state index in [1.807, 2.05) is 97.1 Å². The number of aryl methyl sites for hydroxylation is 2. The topological polar surface area (TPSA) is 132 Å². The van der Waals surface area contributed by atoms with E-state index < -0.39 is 20.0 Å². The Morgan fingerprint density at radius 1 is 0.519 bits per heavy atom. The Balaban J connectivity index is 0.839. The number of phosphoric acid groups is 1. The summed E-state index contributed by atoms with van der Waals surface area (Å²) in [7, 11) is -4.56. The van der Waals surface area contributed by atoms with Crippen molar-refractivity contribution in [2.45, 2.75) is 192 Å². The van der Waals surface area contributed by atoms with E-state index in [0.717, 1.165) is 130 Å². The quantitative estimate of drug-likeness (QED) is 0.0644. The lowest BCUT2D eigenvalue weighted by molar-refractivity contribution is -0.117. The third-order valence-corrected chi connectivity index (χ3v) is 18.6. The van der Waals surface area contributed by atoms with Crippen LogP contribution in [0.25, 0.3) is 0 Å². The van der Waals surface area contributed by atoms with Gasteiger partial charge in [0.15, 0.2) is 0 Å². The van der Waals surface area contributed by atoms with Crippen LogP contribution in [0.4, 0.5) is 11.4 Å². The summed E-state index contributed by atoms with van der Waals surface area (Å²) in [6.07, 6.45) is 14.4. The molecule has 10 rings (SSSR count). The van der Waals surface area contributed by atoms with E-state index in [9.17, 15) is 19.0 Å². The van der Waals surface area contributed by atoms with E-state index >= 15 is 0 Å². The first-order valence-electron chi connectivity index (χ1n) is 30.2. The predicted octanol–water partition coefficient (Wildman–Crippen LogP) is 18.2. The predicted molar refractivity (Wildman–Crippen MR) is 325 cm³/mol. The van der Waals surface area contributed by atoms with Crippen molar-refractivity contribution in [3.63, 3.8) is 0 Å². The second-order valence-electron chi connectivity index (χ2n) is 25.7. The van der Waals surface area contributed by atoms with Gasteiger partial charge in [-0.2, -0.15) is 0 Å². The monoisotopic (exact) mass is 1110 g/mol. The van der Waals surface area contributed by atoms with E-state index in [0.29, 0.717) is 50.4 Å². The van der Waals surface area contributed by atoms with Crippen LogP contribution < -0.4 is 20.1 Å². The zero-order valence-electron chi connectivity index (χ0n) is 48.6. The molecule has 0 radical (unpaired) electrons. The molecule has 3 N–H and O–H groups in total. The van der Waals surface area contributed by atoms with Crippen LogP contribution in [0.5, 0.6) is 23.0 Å². The second-order valence-corrected chi connectivity index (χ2v) is 27.1. The van der Waals surface area contributed by atoms with Gasteiger partial charge in [-0.25, -0.2) is 4.57 Å². The Morgan fingerprint density at radius 2 is 0.852 bits per heavy atom. The van der Waals surface area contributed by atoms with Gasteiger partial charge in [0.2, 0.25) is 11.8 Å². The molecule has 6 aromatic rings. The van der Waals surface area contributed by atoms with Crippen molar-refractivity contribution in [1.82, 2.24) is 0 Å². The molecule has 10 nitrogen and oxygen atoms in total. The van der Waals surface area contributed by atoms with Crippen LogP contribution in [0.2, 0.25) is 0 Å². The van der Waals surface area contributed by atoms with Crippen LogP contribution in [0.3, 0.4) is 0 Å². The van der Waals surface area contributed by atoms with Crippen LogP contribution in [0.15, 0.2) is 133 Å². The maximum atomic E-state index is 14.6. The van der Waals surface area contributed by atoms with Crippen molar-refractivity contribution < 1.29 is 37.6 Å². The van der Waals surface area contributed by atoms with Gasteiger partial charge in [-0.3, -0.25) is 18.6 Å². The van der Waals surface area contributed by atoms with Gasteiger partial charge in [-0.05, 0) is 120 Å². The third kappa shape index (κ3) is 15.0. The average Bonchev–Trinajstić information content (AvgIpc) is 3.48. The van der Waals surface area contributed by atoms with Gasteiger partial charge in [-0.15, -0.1) is 0 Å². The number of anilines is 2. The van der Waals surface area contributed by atoms with Gasteiger partial charge in [0.1, 0.15) is 23.0 Å². The maximum Gasteiger partial charge on any atom is 0.472 e. The number of benzene rings is 6. The Bertz CT molecular complexity index is 2900. The number of hydrogen-bond acceptors (Lipinski definition) is 7. The van der Waals surface area contributed by atoms with E-state index in [1.54, 1.807) is 0 Å². The Hall–Kier alpha value is -6.03. The molecule has 11 heteroatoms. The summed E-state index contributed by atoms with van der Waals surface area (Å²) >= 11 is 0. The highest BCUT2D eigenvalue weighted by atomic mass is 31.2. The van der Waals surface area contributed by atoms with Gasteiger partial charge in [0.05, 0.1) is 12.2 Å². The fourth-order valence-electron chi connectivity index (χ4n) is 13.3. The molecule has 2 heterocycles. The van der Waals surface area contributed by atoms with Crippen molar-refractivity contribution >= 4 is 31.0 Å². The molecular weight excluding hydrogens is 1030 g/mol. The molecule has 4 aliphatic rings. The van der Waals surface area contributed by atoms with Gasteiger partial charge >= 0.3 is 7.82 Å². The molecule has 0 aromatic heterocycles. The molecule has 6 aromatic carbocycles. The number of carbonyl (C=O) groups excluding carboxylic acids is 2. The standard InChI is InChI=1S/C70H85N2O8P/c1-69(2,3)59-39-35-49(43-61(59)71-67(73)45-57-53-25-13-17-29-63(53)77-64-30-18-14-26-54(57)64)33-37-51(41-47-21-9-7-10-22-47)79-81(75,76)80-52(42-48-23-11-8-12-24-48)38-34-50-36-40-60(70(4,5)6)62(44-50)72-68(74)46-58-55-27-15-19-31-65(55)78-66-32-20-16-28-56(58)66/h13-20,25-32,35-36,39-40,43-44,47-48,51-52,57-58H,7-12,21-24,33-34,37-38,41-42,45-46H2,1-6H3,(H,71,73)(H,72,74)(H,75,76)/t51-,52-/m0/s1. The molecule has 2 aliphatic carbocycles. The molecule has 2 amide bonds. The Morgan fingerprint density at radius 3 is 1.19 bits per heavy atom. The Kier molecular flexibility index (Phi) is 18.4. The first-order chi connectivity index (χ1) is 38.9. The van der Waals surface area contributed by atoms with Crippen molar-refractivity contribution in [2.75, 3.05) is 10.6 Å². The summed E-state index contributed by atoms with van der Waals surface area (Å²) < 4.78 is 40.0. The minimum Gasteiger partial charge on any atom is -0.457 e. The van der Waals surface area contributed by atoms with Crippen LogP contribution in [0, 0.1) is 11.8 Å². The minimum absolute atomic E-state index is 0.0809. The largest absolute Gasteiger partial charge is 0.472 e. The number of fused-ring (bicyclic) bond motifs is 4. The molecule has 0 spiro atoms. The normalized spacial score (nSPS) is 16.9. The average molecular weight is 1110 g/mol. The number of rotatable bonds is 20. The van der Waals surface area contributed by atoms with Crippen LogP contribution in [-0.4, -0.2) is 28.9 Å². The highest BCUT2D eigenvalue weighted by Gasteiger charge is 2.35. The van der Waals surface area contributed by atoms with Gasteiger partial charge in [-0.1, -0.05) is 203 Å². The molecule has 2 saturated carbocycles. The fourth-order valence-corrected chi connectivity index (χ4v) is 14.5. The van der Waals surface area contributed by atoms with Gasteiger partial charge in [0, 0.05) is 58.3 Å². The molecule has 2 aliphatic heterocycles. The highest BCUT2D eigenvalue weighted by Crippen LogP contribution is 2.51. The lowest BCUT2D eigenvalue weighted by atomic mass is 9.83. The maximum absolute atomic E-state index is 14.6. The number of para-hydroxylation sites is 4. The van der Waals surface area contributed by atoms with E-state index in [-0.39, 0.29) is 47.3 Å². The number of hydrogen-bond donors (Lipinski definition) is 3. The second kappa shape index (κ2) is 25.6. The van der Waals surface area contributed by atoms with Crippen LogP contribution in [-0.2, 0) is 46.9 Å². The van der Waals surface area contributed by atoms with Crippen molar-refractivity contribution in [3.05, 3.63) is 178 Å². The van der Waals surface area contributed by atoms with Crippen molar-refractivity contribution in [1.29, 1.82) is 0 Å². The SMILES string of the molecule is CC(C)(C)c1ccc(CC[C@@H](CC2CCCCC2)OP(=O)(O)O[C@@H](CCc2ccc(C(C)(C)C)c(NC(=O)CC3c4ccccc4Oc4ccccc43)c2)CC2CCCCC2)cc1NC(=O)CC1c2ccccc2Oc2ccccc21. The summed E-state index contributed by atoms with van der Waals surface area (Å²) in [5.41, 5.74) is 9.15. The first-order valence-corrected chi connectivity index (χ1v) is 31.7. The number of phosphoric ester groups is 1. The van der Waals surface area contributed by atoms with E-state index in [2.05, 4.69) is 88.6 Å². The zero-order chi connectivity index (χ0) is 56.7. The summed E-state index contributed by atoms with van der Waals surface area (Å²) in [6, 6.07) is 44.5. The molecule has 2 fully saturated rings. The van der Waals surface area contributed by atoms with Crippen LogP contribution in [0.1, 0.15) is 201 Å². The van der Waals surface area contributed by atoms with E-state index in [4.69, 9.17) is 18.5 Å². The summed E-state index contributed by atoms with van der Waals surface area (Å²) in [6.45, 7) is 12.9. The summed E-state index contributed by atoms with van der Waals surface area (Å²) in [5.74, 6) is 3.40. The molecule has 0 bridgehead atoms. The van der Waals surface area contributed by atoms with E-state index in [1.165, 1.54) is 12.8 Å². The Labute approximate surface area is 481 Å². The molecule has 2 atom stereocenters. The van der Waals surface area contributed by atoms with Crippen LogP contribution >= 0.6 is 7.82 Å². The third-order valence-electron chi connectivity index (χ3n) is 17.4. The van der Waals surface area contributed by atoms with Gasteiger partial charge in [0.25, 0.3) is 0 Å². The van der Waals surface area contributed by atoms with Crippen molar-refractivity contribution in [2.24, 2.45) is 11.8 Å². The summed E-state index contributed by atoms with van der Waals surface area (Å²) in [4.78, 5) is 40.4. The lowest BCUT2D eigenvalue weighted by Gasteiger charge is -2.31. The number of carbonyl (C=O) groups is 2. The summed E-state index contributed by atoms with van der Waals surface area (Å²) in [5, 5.41) is 6.68. The highest BCUT2D eigenvalue weighted by molar-refractivity contribution is 7.47. The molecule has 81 heavy (non-hydrogen) atoms. The molecule has 0 saturated heterocycles. The lowest BCUT2D eigenvalue weighted by Crippen LogP contribution is -2.24. The number of ether oxygens (including phenoxy) is 2. The minimum atomic E-state index is -4.56. The zero-order valence-corrected chi connectivity index (χ0v) is 49.5. The first kappa shape index (κ1) is 58.2. The molecule has 0 unspecified atom stereocenters. The molecular formula is C70H85N2O8P. The smallest absolute Gasteiger partial charge is 0.457 e. The number of nitrogens with one attached hydrogen (secondary N) is 2. The van der Waals surface area contributed by atoms with Gasteiger partial charge < -0.3 is 25.0 Å². The number of amides is 2. The fraction of sp³-hybridized carbons (Fsp3) is 0.457. The molecule has 428 valence electrons.